The number of ether oxygens (including phenoxy) is 1. The van der Waals surface area contributed by atoms with Crippen LogP contribution in [0.1, 0.15) is 33.6 Å². The molecule has 1 fully saturated rings. The lowest BCUT2D eigenvalue weighted by Gasteiger charge is -2.24. The Labute approximate surface area is 98.1 Å². The van der Waals surface area contributed by atoms with Crippen molar-refractivity contribution in [1.82, 2.24) is 10.6 Å². The zero-order valence-corrected chi connectivity index (χ0v) is 10.6. The van der Waals surface area contributed by atoms with Crippen molar-refractivity contribution in [3.05, 3.63) is 0 Å². The first-order chi connectivity index (χ1) is 7.47. The summed E-state index contributed by atoms with van der Waals surface area (Å²) >= 11 is 0. The van der Waals surface area contributed by atoms with E-state index in [2.05, 4.69) is 31.4 Å². The van der Waals surface area contributed by atoms with Gasteiger partial charge in [-0.2, -0.15) is 0 Å². The van der Waals surface area contributed by atoms with Crippen LogP contribution in [0.4, 0.5) is 0 Å². The van der Waals surface area contributed by atoms with Crippen molar-refractivity contribution in [3.8, 4) is 0 Å². The molecule has 0 radical (unpaired) electrons. The van der Waals surface area contributed by atoms with Gasteiger partial charge < -0.3 is 15.4 Å². The van der Waals surface area contributed by atoms with Crippen molar-refractivity contribution in [2.45, 2.75) is 39.7 Å². The van der Waals surface area contributed by atoms with Gasteiger partial charge in [0.1, 0.15) is 0 Å². The van der Waals surface area contributed by atoms with E-state index >= 15 is 0 Å². The van der Waals surface area contributed by atoms with E-state index in [1.165, 1.54) is 0 Å². The van der Waals surface area contributed by atoms with Gasteiger partial charge in [0.25, 0.3) is 0 Å². The average Bonchev–Trinajstić information content (AvgIpc) is 2.17. The molecule has 0 aromatic heterocycles. The predicted molar refractivity (Wildman–Crippen MR) is 64.3 cm³/mol. The van der Waals surface area contributed by atoms with Crippen LogP contribution in [0.2, 0.25) is 0 Å². The highest BCUT2D eigenvalue weighted by Gasteiger charge is 2.16. The van der Waals surface area contributed by atoms with E-state index in [0.29, 0.717) is 12.6 Å². The molecule has 1 aliphatic rings. The molecule has 16 heavy (non-hydrogen) atoms. The molecule has 0 saturated carbocycles. The van der Waals surface area contributed by atoms with Gasteiger partial charge in [-0.1, -0.05) is 20.8 Å². The smallest absolute Gasteiger partial charge is 0.234 e. The highest BCUT2D eigenvalue weighted by molar-refractivity contribution is 5.78. The zero-order valence-electron chi connectivity index (χ0n) is 10.6. The van der Waals surface area contributed by atoms with Gasteiger partial charge in [0, 0.05) is 25.8 Å². The Bertz CT molecular complexity index is 218. The minimum absolute atomic E-state index is 0.0937. The molecule has 94 valence electrons. The fourth-order valence-electron chi connectivity index (χ4n) is 1.67. The number of rotatable bonds is 4. The van der Waals surface area contributed by atoms with Crippen LogP contribution >= 0.6 is 0 Å². The molecule has 1 rings (SSSR count). The summed E-state index contributed by atoms with van der Waals surface area (Å²) < 4.78 is 5.24. The van der Waals surface area contributed by atoms with Gasteiger partial charge in [-0.05, 0) is 18.3 Å². The molecule has 1 saturated heterocycles. The monoisotopic (exact) mass is 228 g/mol. The van der Waals surface area contributed by atoms with Gasteiger partial charge in [-0.25, -0.2) is 0 Å². The van der Waals surface area contributed by atoms with Crippen molar-refractivity contribution in [1.29, 1.82) is 0 Å². The zero-order chi connectivity index (χ0) is 12.0. The van der Waals surface area contributed by atoms with Crippen molar-refractivity contribution >= 4 is 5.91 Å². The van der Waals surface area contributed by atoms with Gasteiger partial charge in [0.2, 0.25) is 5.91 Å². The molecule has 0 aromatic rings. The van der Waals surface area contributed by atoms with Crippen LogP contribution in [0.5, 0.6) is 0 Å². The summed E-state index contributed by atoms with van der Waals surface area (Å²) in [4.78, 5) is 11.6. The van der Waals surface area contributed by atoms with Gasteiger partial charge >= 0.3 is 0 Å². The van der Waals surface area contributed by atoms with E-state index in [1.807, 2.05) is 0 Å². The second-order valence-electron chi connectivity index (χ2n) is 5.62. The van der Waals surface area contributed by atoms with Crippen LogP contribution in [-0.2, 0) is 9.53 Å². The number of carbonyl (C=O) groups is 1. The van der Waals surface area contributed by atoms with Crippen LogP contribution in [0.3, 0.4) is 0 Å². The van der Waals surface area contributed by atoms with Crippen molar-refractivity contribution < 1.29 is 9.53 Å². The fourth-order valence-corrected chi connectivity index (χ4v) is 1.67. The van der Waals surface area contributed by atoms with Crippen LogP contribution in [0, 0.1) is 5.41 Å². The number of nitrogens with one attached hydrogen (secondary N) is 2. The Hall–Kier alpha value is -0.610. The number of carbonyl (C=O) groups excluding carboxylic acids is 1. The molecular formula is C12H24N2O2. The van der Waals surface area contributed by atoms with Gasteiger partial charge in [0.05, 0.1) is 6.54 Å². The summed E-state index contributed by atoms with van der Waals surface area (Å²) in [7, 11) is 0. The van der Waals surface area contributed by atoms with E-state index in [1.54, 1.807) is 0 Å². The molecular weight excluding hydrogens is 204 g/mol. The summed E-state index contributed by atoms with van der Waals surface area (Å²) in [6.45, 7) is 9.24. The van der Waals surface area contributed by atoms with Crippen LogP contribution in [0.25, 0.3) is 0 Å². The average molecular weight is 228 g/mol. The summed E-state index contributed by atoms with van der Waals surface area (Å²) in [5.74, 6) is 0.0937. The second-order valence-corrected chi connectivity index (χ2v) is 5.62. The first-order valence-corrected chi connectivity index (χ1v) is 6.05. The fraction of sp³-hybridized carbons (Fsp3) is 0.917. The Morgan fingerprint density at radius 3 is 2.50 bits per heavy atom. The van der Waals surface area contributed by atoms with E-state index in [-0.39, 0.29) is 11.3 Å². The lowest BCUT2D eigenvalue weighted by Crippen LogP contribution is -2.44. The highest BCUT2D eigenvalue weighted by Crippen LogP contribution is 2.10. The Balaban J connectivity index is 2.10. The van der Waals surface area contributed by atoms with E-state index in [0.717, 1.165) is 32.6 Å². The number of amides is 1. The molecule has 1 amide bonds. The molecule has 4 nitrogen and oxygen atoms in total. The lowest BCUT2D eigenvalue weighted by molar-refractivity contribution is -0.121. The van der Waals surface area contributed by atoms with E-state index < -0.39 is 0 Å². The van der Waals surface area contributed by atoms with Gasteiger partial charge in [-0.3, -0.25) is 4.79 Å². The largest absolute Gasteiger partial charge is 0.381 e. The third kappa shape index (κ3) is 6.08. The molecule has 0 spiro atoms. The maximum Gasteiger partial charge on any atom is 0.234 e. The molecule has 1 heterocycles. The molecule has 0 aliphatic carbocycles. The van der Waals surface area contributed by atoms with E-state index in [4.69, 9.17) is 4.74 Å². The molecule has 0 bridgehead atoms. The molecule has 0 atom stereocenters. The summed E-state index contributed by atoms with van der Waals surface area (Å²) in [5, 5.41) is 6.20. The highest BCUT2D eigenvalue weighted by atomic mass is 16.5. The maximum atomic E-state index is 11.6. The third-order valence-electron chi connectivity index (χ3n) is 2.53. The van der Waals surface area contributed by atoms with Crippen molar-refractivity contribution in [2.75, 3.05) is 26.3 Å². The van der Waals surface area contributed by atoms with E-state index in [9.17, 15) is 4.79 Å². The van der Waals surface area contributed by atoms with Crippen LogP contribution < -0.4 is 10.6 Å². The molecule has 4 heteroatoms. The quantitative estimate of drug-likeness (QED) is 0.752. The molecule has 2 N–H and O–H groups in total. The van der Waals surface area contributed by atoms with Crippen molar-refractivity contribution in [2.24, 2.45) is 5.41 Å². The molecule has 0 aromatic carbocycles. The van der Waals surface area contributed by atoms with Crippen LogP contribution in [0.15, 0.2) is 0 Å². The van der Waals surface area contributed by atoms with Gasteiger partial charge in [-0.15, -0.1) is 0 Å². The first kappa shape index (κ1) is 13.5. The lowest BCUT2D eigenvalue weighted by atomic mass is 9.97. The van der Waals surface area contributed by atoms with Crippen molar-refractivity contribution in [3.63, 3.8) is 0 Å². The van der Waals surface area contributed by atoms with Gasteiger partial charge in [0.15, 0.2) is 0 Å². The summed E-state index contributed by atoms with van der Waals surface area (Å²) in [5.41, 5.74) is 0.221. The maximum absolute atomic E-state index is 11.6. The number of hydrogen-bond acceptors (Lipinski definition) is 3. The molecule has 0 unspecified atom stereocenters. The van der Waals surface area contributed by atoms with Crippen LogP contribution in [-0.4, -0.2) is 38.3 Å². The standard InChI is InChI=1S/C12H24N2O2/c1-12(2,3)9-13-8-11(15)14-10-4-6-16-7-5-10/h10,13H,4-9H2,1-3H3,(H,14,15). The second kappa shape index (κ2) is 6.21. The molecule has 1 aliphatic heterocycles. The SMILES string of the molecule is CC(C)(C)CNCC(=O)NC1CCOCC1. The summed E-state index contributed by atoms with van der Waals surface area (Å²) in [6.07, 6.45) is 1.87. The Kier molecular flexibility index (Phi) is 5.22. The minimum atomic E-state index is 0.0937. The minimum Gasteiger partial charge on any atom is -0.381 e. The summed E-state index contributed by atoms with van der Waals surface area (Å²) in [6, 6.07) is 0.303. The third-order valence-corrected chi connectivity index (χ3v) is 2.53. The first-order valence-electron chi connectivity index (χ1n) is 6.05. The Morgan fingerprint density at radius 2 is 1.94 bits per heavy atom. The topological polar surface area (TPSA) is 50.4 Å². The number of hydrogen-bond donors (Lipinski definition) is 2. The normalized spacial score (nSPS) is 18.4. The predicted octanol–water partition coefficient (Wildman–Crippen LogP) is 0.917. The Morgan fingerprint density at radius 1 is 1.31 bits per heavy atom.